The normalized spacial score (nSPS) is 24.2. The third-order valence-electron chi connectivity index (χ3n) is 4.49. The summed E-state index contributed by atoms with van der Waals surface area (Å²) >= 11 is 6.07. The average Bonchev–Trinajstić information content (AvgIpc) is 2.33. The summed E-state index contributed by atoms with van der Waals surface area (Å²) in [5.41, 5.74) is 0.854. The number of rotatable bonds is 3. The van der Waals surface area contributed by atoms with Gasteiger partial charge in [-0.15, -0.1) is 0 Å². The number of hydrogen-bond acceptors (Lipinski definition) is 1. The van der Waals surface area contributed by atoms with Gasteiger partial charge in [0, 0.05) is 11.4 Å². The molecule has 2 unspecified atom stereocenters. The summed E-state index contributed by atoms with van der Waals surface area (Å²) in [4.78, 5) is 0. The van der Waals surface area contributed by atoms with Gasteiger partial charge < -0.3 is 5.11 Å². The van der Waals surface area contributed by atoms with Crippen molar-refractivity contribution in [3.63, 3.8) is 0 Å². The number of hydrogen-bond donors (Lipinski definition) is 1. The molecular formula is C16H22ClFO. The maximum absolute atomic E-state index is 13.3. The molecular weight excluding hydrogens is 263 g/mol. The Kier molecular flexibility index (Phi) is 4.52. The van der Waals surface area contributed by atoms with Crippen molar-refractivity contribution in [2.45, 2.75) is 52.1 Å². The molecule has 1 fully saturated rings. The van der Waals surface area contributed by atoms with Crippen LogP contribution < -0.4 is 0 Å². The van der Waals surface area contributed by atoms with E-state index in [-0.39, 0.29) is 17.2 Å². The van der Waals surface area contributed by atoms with Crippen molar-refractivity contribution in [1.29, 1.82) is 0 Å². The van der Waals surface area contributed by atoms with Gasteiger partial charge in [0.25, 0.3) is 0 Å². The van der Waals surface area contributed by atoms with E-state index < -0.39 is 6.10 Å². The molecule has 0 aliphatic heterocycles. The van der Waals surface area contributed by atoms with Gasteiger partial charge in [0.2, 0.25) is 0 Å². The lowest BCUT2D eigenvalue weighted by Gasteiger charge is -2.41. The van der Waals surface area contributed by atoms with E-state index in [1.807, 2.05) is 0 Å². The lowest BCUT2D eigenvalue weighted by atomic mass is 9.66. The van der Waals surface area contributed by atoms with Crippen molar-refractivity contribution in [2.24, 2.45) is 11.3 Å². The van der Waals surface area contributed by atoms with Gasteiger partial charge in [-0.3, -0.25) is 0 Å². The van der Waals surface area contributed by atoms with Gasteiger partial charge in [-0.25, -0.2) is 4.39 Å². The van der Waals surface area contributed by atoms with Crippen LogP contribution in [0.4, 0.5) is 4.39 Å². The Balaban J connectivity index is 2.11. The molecule has 1 aromatic rings. The summed E-state index contributed by atoms with van der Waals surface area (Å²) in [5.74, 6) is -0.0323. The van der Waals surface area contributed by atoms with Gasteiger partial charge >= 0.3 is 0 Å². The SMILES string of the molecule is CC1(C)CCCCC1C(O)Cc1cc(F)ccc1Cl. The van der Waals surface area contributed by atoms with Crippen molar-refractivity contribution in [2.75, 3.05) is 0 Å². The Morgan fingerprint density at radius 1 is 1.42 bits per heavy atom. The first-order chi connectivity index (χ1) is 8.90. The molecule has 1 aliphatic rings. The minimum Gasteiger partial charge on any atom is -0.392 e. The second-order valence-electron chi connectivity index (χ2n) is 6.35. The second-order valence-corrected chi connectivity index (χ2v) is 6.76. The topological polar surface area (TPSA) is 20.2 Å². The molecule has 1 aliphatic carbocycles. The van der Waals surface area contributed by atoms with Crippen molar-refractivity contribution < 1.29 is 9.50 Å². The molecule has 19 heavy (non-hydrogen) atoms. The molecule has 106 valence electrons. The minimum absolute atomic E-state index is 0.150. The fraction of sp³-hybridized carbons (Fsp3) is 0.625. The standard InChI is InChI=1S/C16H22ClFO/c1-16(2)8-4-3-5-13(16)15(19)10-11-9-12(18)6-7-14(11)17/h6-7,9,13,15,19H,3-5,8,10H2,1-2H3. The van der Waals surface area contributed by atoms with Gasteiger partial charge in [0.05, 0.1) is 6.10 Å². The first-order valence-electron chi connectivity index (χ1n) is 7.02. The van der Waals surface area contributed by atoms with Crippen LogP contribution in [-0.2, 0) is 6.42 Å². The molecule has 3 heteroatoms. The number of aliphatic hydroxyl groups is 1. The van der Waals surface area contributed by atoms with E-state index in [0.717, 1.165) is 12.8 Å². The highest BCUT2D eigenvalue weighted by Crippen LogP contribution is 2.43. The molecule has 0 amide bonds. The van der Waals surface area contributed by atoms with Crippen LogP contribution in [0.1, 0.15) is 45.1 Å². The highest BCUT2D eigenvalue weighted by molar-refractivity contribution is 6.31. The van der Waals surface area contributed by atoms with Crippen LogP contribution in [0, 0.1) is 17.2 Å². The minimum atomic E-state index is -0.449. The Bertz CT molecular complexity index is 444. The van der Waals surface area contributed by atoms with Crippen LogP contribution in [0.25, 0.3) is 0 Å². The van der Waals surface area contributed by atoms with Crippen LogP contribution >= 0.6 is 11.6 Å². The summed E-state index contributed by atoms with van der Waals surface area (Å²) in [6, 6.07) is 4.34. The molecule has 2 rings (SSSR count). The van der Waals surface area contributed by atoms with Crippen LogP contribution in [0.15, 0.2) is 18.2 Å². The van der Waals surface area contributed by atoms with Gasteiger partial charge in [0.1, 0.15) is 5.82 Å². The second kappa shape index (κ2) is 5.80. The van der Waals surface area contributed by atoms with Crippen LogP contribution in [-0.4, -0.2) is 11.2 Å². The lowest BCUT2D eigenvalue weighted by Crippen LogP contribution is -2.37. The third kappa shape index (κ3) is 3.49. The molecule has 1 aromatic carbocycles. The summed E-state index contributed by atoms with van der Waals surface area (Å²) in [6.07, 6.45) is 4.57. The Hall–Kier alpha value is -0.600. The van der Waals surface area contributed by atoms with Gasteiger partial charge in [-0.1, -0.05) is 38.3 Å². The first kappa shape index (κ1) is 14.8. The summed E-state index contributed by atoms with van der Waals surface area (Å²) in [6.45, 7) is 4.43. The molecule has 0 radical (unpaired) electrons. The third-order valence-corrected chi connectivity index (χ3v) is 4.86. The monoisotopic (exact) mass is 284 g/mol. The van der Waals surface area contributed by atoms with Gasteiger partial charge in [0.15, 0.2) is 0 Å². The van der Waals surface area contributed by atoms with E-state index in [2.05, 4.69) is 13.8 Å². The predicted octanol–water partition coefficient (Wildman–Crippen LogP) is 4.60. The Morgan fingerprint density at radius 3 is 2.84 bits per heavy atom. The largest absolute Gasteiger partial charge is 0.392 e. The Morgan fingerprint density at radius 2 is 2.16 bits per heavy atom. The zero-order valence-corrected chi connectivity index (χ0v) is 12.4. The highest BCUT2D eigenvalue weighted by Gasteiger charge is 2.36. The molecule has 1 saturated carbocycles. The van der Waals surface area contributed by atoms with Crippen molar-refractivity contribution in [3.8, 4) is 0 Å². The molecule has 1 N–H and O–H groups in total. The fourth-order valence-electron chi connectivity index (χ4n) is 3.30. The molecule has 0 spiro atoms. The predicted molar refractivity (Wildman–Crippen MR) is 76.9 cm³/mol. The Labute approximate surface area is 119 Å². The van der Waals surface area contributed by atoms with Gasteiger partial charge in [-0.05, 0) is 47.9 Å². The smallest absolute Gasteiger partial charge is 0.123 e. The fourth-order valence-corrected chi connectivity index (χ4v) is 3.50. The van der Waals surface area contributed by atoms with E-state index in [1.165, 1.54) is 25.0 Å². The maximum atomic E-state index is 13.3. The molecule has 2 atom stereocenters. The quantitative estimate of drug-likeness (QED) is 0.860. The van der Waals surface area contributed by atoms with Crippen molar-refractivity contribution in [3.05, 3.63) is 34.6 Å². The first-order valence-corrected chi connectivity index (χ1v) is 7.40. The van der Waals surface area contributed by atoms with Crippen LogP contribution in [0.2, 0.25) is 5.02 Å². The van der Waals surface area contributed by atoms with E-state index in [4.69, 9.17) is 11.6 Å². The summed E-state index contributed by atoms with van der Waals surface area (Å²) < 4.78 is 13.3. The van der Waals surface area contributed by atoms with E-state index in [0.29, 0.717) is 17.0 Å². The molecule has 0 aromatic heterocycles. The zero-order valence-electron chi connectivity index (χ0n) is 11.6. The zero-order chi connectivity index (χ0) is 14.0. The van der Waals surface area contributed by atoms with Crippen LogP contribution in [0.5, 0.6) is 0 Å². The molecule has 0 bridgehead atoms. The molecule has 0 heterocycles. The number of aliphatic hydroxyl groups excluding tert-OH is 1. The average molecular weight is 285 g/mol. The van der Waals surface area contributed by atoms with E-state index in [9.17, 15) is 9.50 Å². The van der Waals surface area contributed by atoms with Gasteiger partial charge in [-0.2, -0.15) is 0 Å². The highest BCUT2D eigenvalue weighted by atomic mass is 35.5. The molecule has 0 saturated heterocycles. The maximum Gasteiger partial charge on any atom is 0.123 e. The van der Waals surface area contributed by atoms with Crippen LogP contribution in [0.3, 0.4) is 0 Å². The van der Waals surface area contributed by atoms with E-state index in [1.54, 1.807) is 6.07 Å². The van der Waals surface area contributed by atoms with E-state index >= 15 is 0 Å². The summed E-state index contributed by atoms with van der Waals surface area (Å²) in [5, 5.41) is 11.0. The van der Waals surface area contributed by atoms with Crippen molar-refractivity contribution in [1.82, 2.24) is 0 Å². The number of halogens is 2. The summed E-state index contributed by atoms with van der Waals surface area (Å²) in [7, 11) is 0. The number of benzene rings is 1. The molecule has 1 nitrogen and oxygen atoms in total. The van der Waals surface area contributed by atoms with Crippen molar-refractivity contribution >= 4 is 11.6 Å². The lowest BCUT2D eigenvalue weighted by molar-refractivity contribution is 0.00579.